The number of benzene rings is 1. The Morgan fingerprint density at radius 1 is 1.23 bits per heavy atom. The first-order chi connectivity index (χ1) is 12.5. The van der Waals surface area contributed by atoms with E-state index in [1.165, 1.54) is 5.69 Å². The van der Waals surface area contributed by atoms with Gasteiger partial charge in [-0.1, -0.05) is 0 Å². The van der Waals surface area contributed by atoms with Crippen LogP contribution in [0.25, 0.3) is 0 Å². The lowest BCUT2D eigenvalue weighted by atomic mass is 9.97. The van der Waals surface area contributed by atoms with Gasteiger partial charge in [-0.25, -0.2) is 0 Å². The minimum absolute atomic E-state index is 0.0344. The first-order valence-electron chi connectivity index (χ1n) is 9.21. The van der Waals surface area contributed by atoms with Gasteiger partial charge in [-0.2, -0.15) is 5.10 Å². The molecule has 0 spiro atoms. The number of amides is 1. The molecule has 0 saturated carbocycles. The Labute approximate surface area is 155 Å². The van der Waals surface area contributed by atoms with E-state index in [4.69, 9.17) is 4.74 Å². The number of piperidine rings is 1. The predicted octanol–water partition coefficient (Wildman–Crippen LogP) is 2.86. The molecule has 6 heteroatoms. The lowest BCUT2D eigenvalue weighted by Gasteiger charge is -2.31. The summed E-state index contributed by atoms with van der Waals surface area (Å²) in [7, 11) is 1.63. The Hall–Kier alpha value is -2.34. The summed E-state index contributed by atoms with van der Waals surface area (Å²) in [6, 6.07) is 9.54. The Morgan fingerprint density at radius 2 is 1.92 bits per heavy atom. The van der Waals surface area contributed by atoms with E-state index in [1.807, 2.05) is 31.2 Å². The fourth-order valence-electron chi connectivity index (χ4n) is 3.51. The molecule has 1 N–H and O–H groups in total. The third kappa shape index (κ3) is 4.85. The van der Waals surface area contributed by atoms with Crippen LogP contribution in [0.3, 0.4) is 0 Å². The number of hydrogen-bond acceptors (Lipinski definition) is 4. The molecule has 1 saturated heterocycles. The summed E-state index contributed by atoms with van der Waals surface area (Å²) in [6.45, 7) is 7.48. The van der Waals surface area contributed by atoms with Gasteiger partial charge in [0.05, 0.1) is 19.3 Å². The molecule has 1 aromatic heterocycles. The zero-order valence-corrected chi connectivity index (χ0v) is 15.9. The lowest BCUT2D eigenvalue weighted by Crippen LogP contribution is -2.40. The number of ether oxygens (including phenoxy) is 1. The zero-order valence-electron chi connectivity index (χ0n) is 15.9. The predicted molar refractivity (Wildman–Crippen MR) is 102 cm³/mol. The fourth-order valence-corrected chi connectivity index (χ4v) is 3.51. The molecular weight excluding hydrogens is 328 g/mol. The van der Waals surface area contributed by atoms with Crippen LogP contribution in [0.15, 0.2) is 30.3 Å². The lowest BCUT2D eigenvalue weighted by molar-refractivity contribution is -0.117. The highest BCUT2D eigenvalue weighted by molar-refractivity contribution is 5.92. The number of likely N-dealkylation sites (tertiary alicyclic amines) is 1. The van der Waals surface area contributed by atoms with Gasteiger partial charge in [-0.15, -0.1) is 0 Å². The maximum absolute atomic E-state index is 12.3. The minimum Gasteiger partial charge on any atom is -0.497 e. The maximum Gasteiger partial charge on any atom is 0.238 e. The molecule has 0 bridgehead atoms. The van der Waals surface area contributed by atoms with Crippen LogP contribution in [0.5, 0.6) is 5.75 Å². The molecule has 6 nitrogen and oxygen atoms in total. The van der Waals surface area contributed by atoms with Crippen molar-refractivity contribution in [3.63, 3.8) is 0 Å². The highest BCUT2D eigenvalue weighted by Crippen LogP contribution is 2.20. The van der Waals surface area contributed by atoms with Crippen LogP contribution >= 0.6 is 0 Å². The number of aromatic nitrogens is 2. The van der Waals surface area contributed by atoms with E-state index in [0.717, 1.165) is 49.6 Å². The number of anilines is 1. The maximum atomic E-state index is 12.3. The van der Waals surface area contributed by atoms with Gasteiger partial charge in [0, 0.05) is 17.9 Å². The van der Waals surface area contributed by atoms with Crippen molar-refractivity contribution in [2.45, 2.75) is 33.2 Å². The first kappa shape index (κ1) is 18.5. The molecule has 1 aliphatic heterocycles. The summed E-state index contributed by atoms with van der Waals surface area (Å²) in [4.78, 5) is 14.5. The van der Waals surface area contributed by atoms with Crippen LogP contribution in [0.2, 0.25) is 0 Å². The summed E-state index contributed by atoms with van der Waals surface area (Å²) in [5, 5.41) is 7.51. The van der Waals surface area contributed by atoms with Crippen LogP contribution in [0, 0.1) is 19.8 Å². The summed E-state index contributed by atoms with van der Waals surface area (Å²) < 4.78 is 7.25. The van der Waals surface area contributed by atoms with Crippen molar-refractivity contribution in [3.05, 3.63) is 41.7 Å². The molecule has 26 heavy (non-hydrogen) atoms. The van der Waals surface area contributed by atoms with Crippen molar-refractivity contribution in [1.82, 2.24) is 14.7 Å². The van der Waals surface area contributed by atoms with E-state index in [1.54, 1.807) is 7.11 Å². The molecular formula is C20H28N4O2. The van der Waals surface area contributed by atoms with Gasteiger partial charge in [0.2, 0.25) is 5.91 Å². The molecule has 1 fully saturated rings. The normalized spacial score (nSPS) is 15.8. The number of aryl methyl sites for hydroxylation is 2. The number of carbonyl (C=O) groups is 1. The topological polar surface area (TPSA) is 59.4 Å². The van der Waals surface area contributed by atoms with Crippen molar-refractivity contribution in [3.8, 4) is 5.75 Å². The first-order valence-corrected chi connectivity index (χ1v) is 9.21. The van der Waals surface area contributed by atoms with Crippen molar-refractivity contribution < 1.29 is 9.53 Å². The molecule has 140 valence electrons. The van der Waals surface area contributed by atoms with Crippen molar-refractivity contribution >= 4 is 11.6 Å². The summed E-state index contributed by atoms with van der Waals surface area (Å²) >= 11 is 0. The average Bonchev–Trinajstić information content (AvgIpc) is 2.94. The second kappa shape index (κ2) is 8.36. The van der Waals surface area contributed by atoms with E-state index in [-0.39, 0.29) is 5.91 Å². The van der Waals surface area contributed by atoms with Gasteiger partial charge in [-0.05, 0) is 76.0 Å². The van der Waals surface area contributed by atoms with Gasteiger partial charge in [0.1, 0.15) is 5.75 Å². The van der Waals surface area contributed by atoms with Crippen molar-refractivity contribution in [2.75, 3.05) is 32.1 Å². The summed E-state index contributed by atoms with van der Waals surface area (Å²) in [6.07, 6.45) is 2.21. The zero-order chi connectivity index (χ0) is 18.5. The molecule has 1 aromatic carbocycles. The van der Waals surface area contributed by atoms with E-state index in [9.17, 15) is 4.79 Å². The number of rotatable bonds is 6. The average molecular weight is 356 g/mol. The Bertz CT molecular complexity index is 731. The Balaban J connectivity index is 1.43. The highest BCUT2D eigenvalue weighted by atomic mass is 16.5. The van der Waals surface area contributed by atoms with Gasteiger partial charge in [0.25, 0.3) is 0 Å². The quantitative estimate of drug-likeness (QED) is 0.865. The number of carbonyl (C=O) groups excluding carboxylic acids is 1. The molecule has 1 aliphatic rings. The molecule has 1 amide bonds. The Kier molecular flexibility index (Phi) is 5.93. The van der Waals surface area contributed by atoms with Crippen LogP contribution in [-0.2, 0) is 11.3 Å². The van der Waals surface area contributed by atoms with Crippen molar-refractivity contribution in [1.29, 1.82) is 0 Å². The minimum atomic E-state index is 0.0344. The standard InChI is InChI=1S/C20H28N4O2/c1-15-12-16(2)24(22-15)13-17-8-10-23(11-9-17)14-20(25)21-18-4-6-19(26-3)7-5-18/h4-7,12,17H,8-11,13-14H2,1-3H3,(H,21,25). The van der Waals surface area contributed by atoms with E-state index in [0.29, 0.717) is 12.5 Å². The molecule has 0 aliphatic carbocycles. The van der Waals surface area contributed by atoms with Crippen LogP contribution in [0.4, 0.5) is 5.69 Å². The molecule has 0 radical (unpaired) electrons. The molecule has 2 aromatic rings. The second-order valence-corrected chi connectivity index (χ2v) is 7.11. The molecule has 0 atom stereocenters. The molecule has 3 rings (SSSR count). The SMILES string of the molecule is COc1ccc(NC(=O)CN2CCC(Cn3nc(C)cc3C)CC2)cc1. The van der Waals surface area contributed by atoms with Gasteiger partial charge in [-0.3, -0.25) is 14.4 Å². The largest absolute Gasteiger partial charge is 0.497 e. The molecule has 0 unspecified atom stereocenters. The monoisotopic (exact) mass is 356 g/mol. The Morgan fingerprint density at radius 3 is 2.50 bits per heavy atom. The van der Waals surface area contributed by atoms with Gasteiger partial charge < -0.3 is 10.1 Å². The second-order valence-electron chi connectivity index (χ2n) is 7.11. The number of nitrogens with zero attached hydrogens (tertiary/aromatic N) is 3. The van der Waals surface area contributed by atoms with E-state index in [2.05, 4.69) is 33.0 Å². The fraction of sp³-hybridized carbons (Fsp3) is 0.500. The van der Waals surface area contributed by atoms with E-state index < -0.39 is 0 Å². The smallest absolute Gasteiger partial charge is 0.238 e. The van der Waals surface area contributed by atoms with Crippen LogP contribution in [-0.4, -0.2) is 47.3 Å². The van der Waals surface area contributed by atoms with E-state index >= 15 is 0 Å². The summed E-state index contributed by atoms with van der Waals surface area (Å²) in [5.41, 5.74) is 3.11. The summed E-state index contributed by atoms with van der Waals surface area (Å²) in [5.74, 6) is 1.45. The molecule has 2 heterocycles. The third-order valence-corrected chi connectivity index (χ3v) is 4.98. The van der Waals surface area contributed by atoms with Crippen molar-refractivity contribution in [2.24, 2.45) is 5.92 Å². The van der Waals surface area contributed by atoms with Crippen LogP contribution < -0.4 is 10.1 Å². The van der Waals surface area contributed by atoms with Crippen LogP contribution in [0.1, 0.15) is 24.2 Å². The van der Waals surface area contributed by atoms with Gasteiger partial charge >= 0.3 is 0 Å². The number of methoxy groups -OCH3 is 1. The third-order valence-electron chi connectivity index (χ3n) is 4.98. The number of nitrogens with one attached hydrogen (secondary N) is 1. The van der Waals surface area contributed by atoms with Gasteiger partial charge in [0.15, 0.2) is 0 Å². The number of hydrogen-bond donors (Lipinski definition) is 1. The highest BCUT2D eigenvalue weighted by Gasteiger charge is 2.22.